The van der Waals surface area contributed by atoms with E-state index < -0.39 is 6.61 Å². The Kier molecular flexibility index (Phi) is 7.42. The minimum absolute atomic E-state index is 0.0528. The Hall–Kier alpha value is -2.91. The number of alkyl halides is 2. The number of nitrogens with one attached hydrogen (secondary N) is 1. The largest absolute Gasteiger partial charge is 0.435 e. The summed E-state index contributed by atoms with van der Waals surface area (Å²) in [6.07, 6.45) is 1.68. The van der Waals surface area contributed by atoms with Crippen LogP contribution in [0.25, 0.3) is 11.4 Å². The van der Waals surface area contributed by atoms with Crippen molar-refractivity contribution in [2.45, 2.75) is 18.3 Å². The SMILES string of the molecule is C=CCn1c(SCC(=O)Nc2ccc(Cl)cc2)nnc1-c1ccc(OC(F)F)cc1. The monoisotopic (exact) mass is 450 g/mol. The molecule has 0 radical (unpaired) electrons. The molecule has 0 aliphatic rings. The van der Waals surface area contributed by atoms with Gasteiger partial charge in [0.05, 0.1) is 5.75 Å². The molecule has 0 spiro atoms. The summed E-state index contributed by atoms with van der Waals surface area (Å²) in [5.41, 5.74) is 1.31. The average Bonchev–Trinajstić information content (AvgIpc) is 3.11. The van der Waals surface area contributed by atoms with Crippen LogP contribution >= 0.6 is 23.4 Å². The summed E-state index contributed by atoms with van der Waals surface area (Å²) in [5.74, 6) is 0.501. The third-order valence-corrected chi connectivity index (χ3v) is 5.05. The van der Waals surface area contributed by atoms with E-state index in [2.05, 4.69) is 26.8 Å². The molecule has 1 aromatic heterocycles. The Morgan fingerprint density at radius 3 is 2.53 bits per heavy atom. The molecule has 6 nitrogen and oxygen atoms in total. The van der Waals surface area contributed by atoms with Gasteiger partial charge in [0.1, 0.15) is 5.75 Å². The summed E-state index contributed by atoms with van der Waals surface area (Å²) in [6.45, 7) is 1.27. The van der Waals surface area contributed by atoms with Gasteiger partial charge in [0, 0.05) is 22.8 Å². The third-order valence-electron chi connectivity index (χ3n) is 3.83. The number of hydrogen-bond donors (Lipinski definition) is 1. The Labute approximate surface area is 180 Å². The number of ether oxygens (including phenoxy) is 1. The van der Waals surface area contributed by atoms with Crippen LogP contribution in [0, 0.1) is 0 Å². The van der Waals surface area contributed by atoms with E-state index >= 15 is 0 Å². The first kappa shape index (κ1) is 21.8. The number of thioether (sulfide) groups is 1. The Morgan fingerprint density at radius 1 is 1.20 bits per heavy atom. The van der Waals surface area contributed by atoms with Crippen LogP contribution < -0.4 is 10.1 Å². The van der Waals surface area contributed by atoms with E-state index in [1.165, 1.54) is 23.9 Å². The first-order valence-electron chi connectivity index (χ1n) is 8.74. The second kappa shape index (κ2) is 10.2. The van der Waals surface area contributed by atoms with Crippen molar-refractivity contribution < 1.29 is 18.3 Å². The first-order valence-corrected chi connectivity index (χ1v) is 10.1. The molecule has 1 amide bonds. The fraction of sp³-hybridized carbons (Fsp3) is 0.150. The smallest absolute Gasteiger partial charge is 0.387 e. The number of carbonyl (C=O) groups excluding carboxylic acids is 1. The first-order chi connectivity index (χ1) is 14.5. The number of allylic oxidation sites excluding steroid dienone is 1. The highest BCUT2D eigenvalue weighted by Crippen LogP contribution is 2.26. The van der Waals surface area contributed by atoms with Crippen molar-refractivity contribution in [3.8, 4) is 17.1 Å². The minimum Gasteiger partial charge on any atom is -0.435 e. The number of anilines is 1. The van der Waals surface area contributed by atoms with Crippen molar-refractivity contribution in [2.75, 3.05) is 11.1 Å². The van der Waals surface area contributed by atoms with Crippen LogP contribution in [-0.4, -0.2) is 33.0 Å². The molecule has 0 saturated heterocycles. The van der Waals surface area contributed by atoms with Gasteiger partial charge in [-0.2, -0.15) is 8.78 Å². The number of benzene rings is 2. The molecule has 0 fully saturated rings. The lowest BCUT2D eigenvalue weighted by molar-refractivity contribution is -0.113. The number of nitrogens with zero attached hydrogens (tertiary/aromatic N) is 3. The van der Waals surface area contributed by atoms with Crippen molar-refractivity contribution >= 4 is 35.0 Å². The summed E-state index contributed by atoms with van der Waals surface area (Å²) < 4.78 is 30.8. The zero-order valence-corrected chi connectivity index (χ0v) is 17.2. The predicted octanol–water partition coefficient (Wildman–Crippen LogP) is 5.12. The summed E-state index contributed by atoms with van der Waals surface area (Å²) in [7, 11) is 0. The van der Waals surface area contributed by atoms with E-state index in [4.69, 9.17) is 11.6 Å². The van der Waals surface area contributed by atoms with Gasteiger partial charge in [-0.05, 0) is 48.5 Å². The quantitative estimate of drug-likeness (QED) is 0.362. The minimum atomic E-state index is -2.89. The zero-order chi connectivity index (χ0) is 21.5. The predicted molar refractivity (Wildman–Crippen MR) is 113 cm³/mol. The molecule has 0 atom stereocenters. The third kappa shape index (κ3) is 5.80. The molecule has 156 valence electrons. The second-order valence-electron chi connectivity index (χ2n) is 5.95. The Balaban J connectivity index is 1.70. The second-order valence-corrected chi connectivity index (χ2v) is 7.33. The molecule has 0 unspecified atom stereocenters. The number of hydrogen-bond acceptors (Lipinski definition) is 5. The van der Waals surface area contributed by atoms with Crippen LogP contribution in [-0.2, 0) is 11.3 Å². The lowest BCUT2D eigenvalue weighted by Crippen LogP contribution is -2.14. The number of amides is 1. The number of carbonyl (C=O) groups is 1. The summed E-state index contributed by atoms with van der Waals surface area (Å²) in [5, 5.41) is 12.2. The highest BCUT2D eigenvalue weighted by Gasteiger charge is 2.15. The maximum absolute atomic E-state index is 12.3. The Morgan fingerprint density at radius 2 is 1.90 bits per heavy atom. The molecule has 1 heterocycles. The average molecular weight is 451 g/mol. The van der Waals surface area contributed by atoms with Crippen molar-refractivity contribution in [1.29, 1.82) is 0 Å². The van der Waals surface area contributed by atoms with Gasteiger partial charge in [0.15, 0.2) is 11.0 Å². The lowest BCUT2D eigenvalue weighted by atomic mass is 10.2. The maximum atomic E-state index is 12.3. The summed E-state index contributed by atoms with van der Waals surface area (Å²) in [6, 6.07) is 12.9. The van der Waals surface area contributed by atoms with Gasteiger partial charge in [-0.3, -0.25) is 9.36 Å². The summed E-state index contributed by atoms with van der Waals surface area (Å²) >= 11 is 7.06. The van der Waals surface area contributed by atoms with Gasteiger partial charge >= 0.3 is 6.61 Å². The van der Waals surface area contributed by atoms with Crippen molar-refractivity contribution in [2.24, 2.45) is 0 Å². The normalized spacial score (nSPS) is 10.8. The zero-order valence-electron chi connectivity index (χ0n) is 15.6. The molecule has 0 aliphatic carbocycles. The van der Waals surface area contributed by atoms with Gasteiger partial charge in [-0.25, -0.2) is 0 Å². The van der Waals surface area contributed by atoms with E-state index in [1.54, 1.807) is 47.0 Å². The van der Waals surface area contributed by atoms with Gasteiger partial charge in [-0.15, -0.1) is 16.8 Å². The summed E-state index contributed by atoms with van der Waals surface area (Å²) in [4.78, 5) is 12.2. The van der Waals surface area contributed by atoms with Gasteiger partial charge in [-0.1, -0.05) is 29.4 Å². The van der Waals surface area contributed by atoms with E-state index in [9.17, 15) is 13.6 Å². The van der Waals surface area contributed by atoms with Crippen LogP contribution in [0.3, 0.4) is 0 Å². The van der Waals surface area contributed by atoms with Gasteiger partial charge in [0.25, 0.3) is 0 Å². The lowest BCUT2D eigenvalue weighted by Gasteiger charge is -2.09. The van der Waals surface area contributed by atoms with Gasteiger partial charge < -0.3 is 10.1 Å². The van der Waals surface area contributed by atoms with E-state index in [1.807, 2.05) is 0 Å². The van der Waals surface area contributed by atoms with Crippen LogP contribution in [0.15, 0.2) is 66.3 Å². The number of aromatic nitrogens is 3. The van der Waals surface area contributed by atoms with Crippen LogP contribution in [0.5, 0.6) is 5.75 Å². The fourth-order valence-electron chi connectivity index (χ4n) is 2.55. The van der Waals surface area contributed by atoms with Crippen molar-refractivity contribution in [3.05, 3.63) is 66.2 Å². The molecule has 3 aromatic rings. The fourth-order valence-corrected chi connectivity index (χ4v) is 3.42. The number of rotatable bonds is 9. The molecule has 0 saturated carbocycles. The van der Waals surface area contributed by atoms with Crippen molar-refractivity contribution in [1.82, 2.24) is 14.8 Å². The highest BCUT2D eigenvalue weighted by molar-refractivity contribution is 7.99. The molecular weight excluding hydrogens is 434 g/mol. The molecule has 3 rings (SSSR count). The van der Waals surface area contributed by atoms with E-state index in [0.29, 0.717) is 33.8 Å². The molecule has 1 N–H and O–H groups in total. The molecular formula is C20H17ClF2N4O2S. The molecule has 30 heavy (non-hydrogen) atoms. The molecule has 0 bridgehead atoms. The topological polar surface area (TPSA) is 69.0 Å². The van der Waals surface area contributed by atoms with Crippen LogP contribution in [0.1, 0.15) is 0 Å². The number of halogens is 3. The van der Waals surface area contributed by atoms with E-state index in [-0.39, 0.29) is 17.4 Å². The van der Waals surface area contributed by atoms with Crippen molar-refractivity contribution in [3.63, 3.8) is 0 Å². The molecule has 10 heteroatoms. The molecule has 2 aromatic carbocycles. The highest BCUT2D eigenvalue weighted by atomic mass is 35.5. The molecule has 0 aliphatic heterocycles. The van der Waals surface area contributed by atoms with Crippen LogP contribution in [0.4, 0.5) is 14.5 Å². The van der Waals surface area contributed by atoms with E-state index in [0.717, 1.165) is 0 Å². The maximum Gasteiger partial charge on any atom is 0.387 e. The standard InChI is InChI=1S/C20H17ClF2N4O2S/c1-2-11-27-18(13-3-9-16(10-4-13)29-19(22)23)25-26-20(27)30-12-17(28)24-15-7-5-14(21)6-8-15/h2-10,19H,1,11-12H2,(H,24,28). The van der Waals surface area contributed by atoms with Crippen LogP contribution in [0.2, 0.25) is 5.02 Å². The Bertz CT molecular complexity index is 1010. The van der Waals surface area contributed by atoms with Gasteiger partial charge in [0.2, 0.25) is 5.91 Å².